The van der Waals surface area contributed by atoms with E-state index in [1.54, 1.807) is 11.0 Å². The molecule has 168 valence electrons. The van der Waals surface area contributed by atoms with Crippen LogP contribution in [0.25, 0.3) is 0 Å². The Balaban J connectivity index is 1.40. The molecule has 4 fully saturated rings. The number of hydrogen-bond donors (Lipinski definition) is 2. The summed E-state index contributed by atoms with van der Waals surface area (Å²) in [5.74, 6) is -1.72. The number of carbonyl (C=O) groups excluding carboxylic acids is 3. The monoisotopic (exact) mass is 427 g/mol. The van der Waals surface area contributed by atoms with Crippen molar-refractivity contribution in [2.75, 3.05) is 6.54 Å². The summed E-state index contributed by atoms with van der Waals surface area (Å²) in [6, 6.07) is -0.448. The largest absolute Gasteiger partial charge is 0.359 e. The Kier molecular flexibility index (Phi) is 5.40. The number of hydrogen-bond acceptors (Lipinski definition) is 4. The third-order valence-corrected chi connectivity index (χ3v) is 7.90. The molecule has 3 amide bonds. The second kappa shape index (κ2) is 8.08. The van der Waals surface area contributed by atoms with Crippen LogP contribution in [-0.2, 0) is 19.1 Å². The van der Waals surface area contributed by atoms with E-state index >= 15 is 0 Å². The van der Waals surface area contributed by atoms with Gasteiger partial charge < -0.3 is 20.3 Å². The summed E-state index contributed by atoms with van der Waals surface area (Å²) in [5, 5.41) is 6.33. The average Bonchev–Trinajstić information content (AvgIpc) is 3.52. The second-order valence-electron chi connectivity index (χ2n) is 9.81. The Hall–Kier alpha value is -2.15. The first-order valence-electron chi connectivity index (χ1n) is 11.9. The van der Waals surface area contributed by atoms with Crippen molar-refractivity contribution in [1.82, 2.24) is 15.5 Å². The Morgan fingerprint density at radius 2 is 1.68 bits per heavy atom. The van der Waals surface area contributed by atoms with Gasteiger partial charge in [0.25, 0.3) is 0 Å². The maximum Gasteiger partial charge on any atom is 0.246 e. The van der Waals surface area contributed by atoms with Gasteiger partial charge in [-0.2, -0.15) is 0 Å². The zero-order chi connectivity index (χ0) is 21.6. The topological polar surface area (TPSA) is 87.7 Å². The van der Waals surface area contributed by atoms with Crippen molar-refractivity contribution >= 4 is 17.7 Å². The molecule has 2 saturated heterocycles. The molecule has 2 N–H and O–H groups in total. The quantitative estimate of drug-likeness (QED) is 0.633. The predicted octanol–water partition coefficient (Wildman–Crippen LogP) is 1.83. The van der Waals surface area contributed by atoms with Crippen LogP contribution in [0.1, 0.15) is 57.8 Å². The summed E-state index contributed by atoms with van der Waals surface area (Å²) in [4.78, 5) is 41.8. The lowest BCUT2D eigenvalue weighted by Gasteiger charge is -2.32. The highest BCUT2D eigenvalue weighted by molar-refractivity contribution is 6.00. The highest BCUT2D eigenvalue weighted by Gasteiger charge is 2.72. The maximum atomic E-state index is 13.5. The molecule has 1 spiro atoms. The standard InChI is InChI=1S/C24H33N3O4/c1-2-14-27-20(22(29)26-16-10-6-7-11-16)24-13-12-17(31-24)18(19(24)23(27)30)21(28)25-15-8-4-3-5-9-15/h2,12-13,15-20H,1,3-11,14H2,(H,25,28)(H,26,29)/t17-,18+,19+,20-,24+/m1/s1. The highest BCUT2D eigenvalue weighted by Crippen LogP contribution is 2.55. The third-order valence-electron chi connectivity index (χ3n) is 7.90. The first kappa shape index (κ1) is 20.7. The SMILES string of the molecule is C=CCN1C(=O)[C@@H]2[C@@H](C(=O)NC3CCCCC3)[C@H]3C=C[C@@]2(O3)[C@H]1C(=O)NC1CCCC1. The van der Waals surface area contributed by atoms with E-state index in [0.29, 0.717) is 0 Å². The molecule has 0 aromatic rings. The Morgan fingerprint density at radius 1 is 1.06 bits per heavy atom. The van der Waals surface area contributed by atoms with Crippen LogP contribution in [-0.4, -0.2) is 59.0 Å². The van der Waals surface area contributed by atoms with Crippen molar-refractivity contribution in [3.63, 3.8) is 0 Å². The van der Waals surface area contributed by atoms with Gasteiger partial charge in [0.1, 0.15) is 11.6 Å². The van der Waals surface area contributed by atoms with Gasteiger partial charge >= 0.3 is 0 Å². The molecule has 2 aliphatic carbocycles. The van der Waals surface area contributed by atoms with Crippen molar-refractivity contribution in [1.29, 1.82) is 0 Å². The number of amides is 3. The van der Waals surface area contributed by atoms with Crippen molar-refractivity contribution in [2.24, 2.45) is 11.8 Å². The van der Waals surface area contributed by atoms with Gasteiger partial charge in [0.05, 0.1) is 17.9 Å². The number of nitrogens with one attached hydrogen (secondary N) is 2. The van der Waals surface area contributed by atoms with Gasteiger partial charge in [-0.1, -0.05) is 50.3 Å². The lowest BCUT2D eigenvalue weighted by Crippen LogP contribution is -2.56. The fraction of sp³-hybridized carbons (Fsp3) is 0.708. The van der Waals surface area contributed by atoms with E-state index in [1.165, 1.54) is 6.42 Å². The predicted molar refractivity (Wildman–Crippen MR) is 115 cm³/mol. The number of ether oxygens (including phenoxy) is 1. The molecule has 5 atom stereocenters. The lowest BCUT2D eigenvalue weighted by atomic mass is 9.74. The zero-order valence-corrected chi connectivity index (χ0v) is 18.1. The van der Waals surface area contributed by atoms with Crippen molar-refractivity contribution in [3.05, 3.63) is 24.8 Å². The molecule has 7 heteroatoms. The first-order chi connectivity index (χ1) is 15.0. The van der Waals surface area contributed by atoms with E-state index in [9.17, 15) is 14.4 Å². The summed E-state index contributed by atoms with van der Waals surface area (Å²) >= 11 is 0. The molecule has 2 bridgehead atoms. The highest BCUT2D eigenvalue weighted by atomic mass is 16.5. The Bertz CT molecular complexity index is 799. The molecule has 2 saturated carbocycles. The number of nitrogens with zero attached hydrogens (tertiary/aromatic N) is 1. The van der Waals surface area contributed by atoms with E-state index in [0.717, 1.165) is 51.4 Å². The molecule has 31 heavy (non-hydrogen) atoms. The average molecular weight is 428 g/mol. The first-order valence-corrected chi connectivity index (χ1v) is 11.9. The van der Waals surface area contributed by atoms with Gasteiger partial charge in [0.15, 0.2) is 0 Å². The van der Waals surface area contributed by atoms with Crippen LogP contribution >= 0.6 is 0 Å². The molecule has 3 aliphatic heterocycles. The van der Waals surface area contributed by atoms with Gasteiger partial charge in [0, 0.05) is 18.6 Å². The minimum atomic E-state index is -1.07. The number of carbonyl (C=O) groups is 3. The molecule has 0 aromatic heterocycles. The number of rotatable bonds is 6. The molecule has 3 heterocycles. The van der Waals surface area contributed by atoms with Gasteiger partial charge in [-0.15, -0.1) is 6.58 Å². The molecule has 0 radical (unpaired) electrons. The zero-order valence-electron chi connectivity index (χ0n) is 18.1. The molecular weight excluding hydrogens is 394 g/mol. The maximum absolute atomic E-state index is 13.5. The molecule has 5 rings (SSSR count). The van der Waals surface area contributed by atoms with Crippen molar-refractivity contribution < 1.29 is 19.1 Å². The Morgan fingerprint density at radius 3 is 2.32 bits per heavy atom. The van der Waals surface area contributed by atoms with E-state index in [4.69, 9.17) is 4.74 Å². The fourth-order valence-corrected chi connectivity index (χ4v) is 6.50. The van der Waals surface area contributed by atoms with E-state index < -0.39 is 29.6 Å². The van der Waals surface area contributed by atoms with Crippen LogP contribution in [0.3, 0.4) is 0 Å². The van der Waals surface area contributed by atoms with Crippen LogP contribution < -0.4 is 10.6 Å². The summed E-state index contributed by atoms with van der Waals surface area (Å²) in [6.07, 6.45) is 14.5. The minimum Gasteiger partial charge on any atom is -0.359 e. The van der Waals surface area contributed by atoms with E-state index in [-0.39, 0.29) is 36.3 Å². The fourth-order valence-electron chi connectivity index (χ4n) is 6.50. The summed E-state index contributed by atoms with van der Waals surface area (Å²) in [7, 11) is 0. The van der Waals surface area contributed by atoms with Crippen LogP contribution in [0.2, 0.25) is 0 Å². The second-order valence-corrected chi connectivity index (χ2v) is 9.81. The van der Waals surface area contributed by atoms with Crippen LogP contribution in [0.5, 0.6) is 0 Å². The molecule has 0 unspecified atom stereocenters. The summed E-state index contributed by atoms with van der Waals surface area (Å²) < 4.78 is 6.32. The normalized spacial score (nSPS) is 37.3. The van der Waals surface area contributed by atoms with Crippen molar-refractivity contribution in [2.45, 2.75) is 87.6 Å². The van der Waals surface area contributed by atoms with E-state index in [2.05, 4.69) is 17.2 Å². The van der Waals surface area contributed by atoms with E-state index in [1.807, 2.05) is 12.2 Å². The van der Waals surface area contributed by atoms with Gasteiger partial charge in [-0.3, -0.25) is 14.4 Å². The smallest absolute Gasteiger partial charge is 0.246 e. The summed E-state index contributed by atoms with van der Waals surface area (Å²) in [6.45, 7) is 4.04. The molecule has 7 nitrogen and oxygen atoms in total. The third kappa shape index (κ3) is 3.32. The number of likely N-dealkylation sites (tertiary alicyclic amines) is 1. The van der Waals surface area contributed by atoms with Crippen LogP contribution in [0.15, 0.2) is 24.8 Å². The van der Waals surface area contributed by atoms with Crippen molar-refractivity contribution in [3.8, 4) is 0 Å². The van der Waals surface area contributed by atoms with Crippen LogP contribution in [0.4, 0.5) is 0 Å². The van der Waals surface area contributed by atoms with Gasteiger partial charge in [-0.05, 0) is 25.7 Å². The molecular formula is C24H33N3O4. The van der Waals surface area contributed by atoms with Gasteiger partial charge in [-0.25, -0.2) is 0 Å². The minimum absolute atomic E-state index is 0.114. The lowest BCUT2D eigenvalue weighted by molar-refractivity contribution is -0.141. The number of fused-ring (bicyclic) bond motifs is 1. The molecule has 5 aliphatic rings. The van der Waals surface area contributed by atoms with Gasteiger partial charge in [0.2, 0.25) is 17.7 Å². The Labute approximate surface area is 183 Å². The van der Waals surface area contributed by atoms with Crippen LogP contribution in [0, 0.1) is 11.8 Å². The summed E-state index contributed by atoms with van der Waals surface area (Å²) in [5.41, 5.74) is -1.07. The molecule has 0 aromatic carbocycles.